The number of sulfonamides is 2. The molecular weight excluding hydrogens is 918 g/mol. The molecule has 4 aromatic carbocycles. The SMILES string of the molecule is COc1ccc(CN(Cc2ccc(OC)cc2)S(=O)(=O)c2c(S(=O)(=O)NC([C@@H](CO)OC(N)=O)C(C)(C)C)ccc(I)c2-c2nnn(Cc3ccc(OC)cc3)n2)cc1. The maximum atomic E-state index is 15.5. The molecule has 5 aromatic rings. The molecule has 59 heavy (non-hydrogen) atoms. The number of methoxy groups -OCH3 is 3. The lowest BCUT2D eigenvalue weighted by Crippen LogP contribution is -2.54. The smallest absolute Gasteiger partial charge is 0.404 e. The lowest BCUT2D eigenvalue weighted by molar-refractivity contribution is 0.0177. The van der Waals surface area contributed by atoms with Crippen LogP contribution >= 0.6 is 22.6 Å². The number of amides is 1. The Hall–Kier alpha value is -4.87. The van der Waals surface area contributed by atoms with Crippen molar-refractivity contribution in [2.45, 2.75) is 62.3 Å². The van der Waals surface area contributed by atoms with Gasteiger partial charge < -0.3 is 29.8 Å². The molecule has 316 valence electrons. The van der Waals surface area contributed by atoms with E-state index < -0.39 is 60.1 Å². The van der Waals surface area contributed by atoms with E-state index in [9.17, 15) is 18.3 Å². The van der Waals surface area contributed by atoms with Crippen LogP contribution < -0.4 is 24.7 Å². The highest BCUT2D eigenvalue weighted by Gasteiger charge is 2.42. The van der Waals surface area contributed by atoms with Crippen molar-refractivity contribution in [3.8, 4) is 28.6 Å². The molecule has 0 saturated carbocycles. The Balaban J connectivity index is 1.74. The Kier molecular flexibility index (Phi) is 14.6. The van der Waals surface area contributed by atoms with Crippen LogP contribution in [0.25, 0.3) is 11.4 Å². The van der Waals surface area contributed by atoms with Crippen molar-refractivity contribution in [2.24, 2.45) is 11.1 Å². The van der Waals surface area contributed by atoms with Gasteiger partial charge in [0.05, 0.1) is 46.1 Å². The molecule has 20 heteroatoms. The number of ether oxygens (including phenoxy) is 4. The molecule has 0 fully saturated rings. The lowest BCUT2D eigenvalue weighted by Gasteiger charge is -2.36. The van der Waals surface area contributed by atoms with Gasteiger partial charge in [-0.15, -0.1) is 10.2 Å². The van der Waals surface area contributed by atoms with Crippen LogP contribution in [0.2, 0.25) is 0 Å². The average molecular weight is 964 g/mol. The zero-order chi connectivity index (χ0) is 43.1. The standard InChI is InChI=1S/C39H46IN7O10S2/c1-39(2,3)36(32(24-48)57-38(41)49)44-58(50,51)33-20-19-31(40)34(37-42-45-47(43-37)23-27-11-17-30(56-6)18-12-27)35(33)59(52,53)46(21-25-7-13-28(54-4)14-8-25)22-26-9-15-29(55-5)16-10-26/h7-20,32,36,44,48H,21-24H2,1-6H3,(H2,41,49)/t32-,36?/m1/s1. The number of benzene rings is 4. The molecule has 4 N–H and O–H groups in total. The van der Waals surface area contributed by atoms with E-state index in [4.69, 9.17) is 24.7 Å². The minimum absolute atomic E-state index is 0.122. The summed E-state index contributed by atoms with van der Waals surface area (Å²) in [5.74, 6) is 1.59. The van der Waals surface area contributed by atoms with Gasteiger partial charge in [-0.2, -0.15) is 9.10 Å². The summed E-state index contributed by atoms with van der Waals surface area (Å²) in [5, 5.41) is 23.2. The molecule has 1 aromatic heterocycles. The predicted octanol–water partition coefficient (Wildman–Crippen LogP) is 4.56. The summed E-state index contributed by atoms with van der Waals surface area (Å²) in [6.07, 6.45) is -2.68. The van der Waals surface area contributed by atoms with Gasteiger partial charge in [0.2, 0.25) is 25.9 Å². The maximum absolute atomic E-state index is 15.5. The zero-order valence-electron chi connectivity index (χ0n) is 33.2. The first-order chi connectivity index (χ1) is 27.9. The number of halogens is 1. The quantitative estimate of drug-likeness (QED) is 0.103. The number of primary amides is 1. The minimum Gasteiger partial charge on any atom is -0.497 e. The highest BCUT2D eigenvalue weighted by Crippen LogP contribution is 2.39. The molecule has 0 aliphatic rings. The number of aromatic nitrogens is 4. The predicted molar refractivity (Wildman–Crippen MR) is 226 cm³/mol. The van der Waals surface area contributed by atoms with Crippen molar-refractivity contribution in [3.63, 3.8) is 0 Å². The Morgan fingerprint density at radius 1 is 0.831 bits per heavy atom. The van der Waals surface area contributed by atoms with E-state index in [2.05, 4.69) is 20.1 Å². The number of carbonyl (C=O) groups excluding carboxylic acids is 1. The van der Waals surface area contributed by atoms with Crippen molar-refractivity contribution >= 4 is 48.7 Å². The van der Waals surface area contributed by atoms with Gasteiger partial charge in [-0.25, -0.2) is 26.4 Å². The molecule has 1 heterocycles. The van der Waals surface area contributed by atoms with Crippen molar-refractivity contribution in [2.75, 3.05) is 27.9 Å². The number of hydrogen-bond acceptors (Lipinski definition) is 13. The van der Waals surface area contributed by atoms with Crippen LogP contribution in [-0.4, -0.2) is 92.6 Å². The average Bonchev–Trinajstić information content (AvgIpc) is 3.66. The molecule has 17 nitrogen and oxygen atoms in total. The van der Waals surface area contributed by atoms with E-state index in [0.29, 0.717) is 31.9 Å². The van der Waals surface area contributed by atoms with Crippen LogP contribution in [0, 0.1) is 8.99 Å². The second-order valence-electron chi connectivity index (χ2n) is 14.3. The maximum Gasteiger partial charge on any atom is 0.404 e. The lowest BCUT2D eigenvalue weighted by atomic mass is 9.84. The van der Waals surface area contributed by atoms with Crippen LogP contribution in [0.3, 0.4) is 0 Å². The summed E-state index contributed by atoms with van der Waals surface area (Å²) in [7, 11) is -5.15. The second-order valence-corrected chi connectivity index (χ2v) is 19.1. The number of rotatable bonds is 18. The van der Waals surface area contributed by atoms with Crippen LogP contribution in [0.15, 0.2) is 94.7 Å². The number of nitrogens with one attached hydrogen (secondary N) is 1. The highest BCUT2D eigenvalue weighted by molar-refractivity contribution is 14.1. The Morgan fingerprint density at radius 2 is 1.32 bits per heavy atom. The van der Waals surface area contributed by atoms with Gasteiger partial charge in [-0.05, 0) is 98.4 Å². The number of hydrogen-bond donors (Lipinski definition) is 3. The first kappa shape index (κ1) is 45.2. The Morgan fingerprint density at radius 3 is 1.76 bits per heavy atom. The largest absolute Gasteiger partial charge is 0.497 e. The van der Waals surface area contributed by atoms with E-state index in [1.807, 2.05) is 34.7 Å². The highest BCUT2D eigenvalue weighted by atomic mass is 127. The molecule has 0 saturated heterocycles. The molecule has 0 spiro atoms. The van der Waals surface area contributed by atoms with E-state index in [-0.39, 0.29) is 31.0 Å². The summed E-state index contributed by atoms with van der Waals surface area (Å²) in [5.41, 5.74) is 6.10. The topological polar surface area (TPSA) is 227 Å². The molecule has 0 radical (unpaired) electrons. The van der Waals surface area contributed by atoms with Crippen molar-refractivity contribution in [3.05, 3.63) is 105 Å². The molecule has 0 bridgehead atoms. The fraction of sp³-hybridized carbons (Fsp3) is 0.333. The van der Waals surface area contributed by atoms with Crippen molar-refractivity contribution in [1.29, 1.82) is 0 Å². The van der Waals surface area contributed by atoms with Crippen LogP contribution in [0.1, 0.15) is 37.5 Å². The van der Waals surface area contributed by atoms with E-state index in [1.165, 1.54) is 31.1 Å². The van der Waals surface area contributed by atoms with E-state index in [0.717, 1.165) is 9.87 Å². The third-order valence-electron chi connectivity index (χ3n) is 9.19. The Labute approximate surface area is 357 Å². The number of aliphatic hydroxyl groups excluding tert-OH is 1. The molecule has 0 aliphatic carbocycles. The summed E-state index contributed by atoms with van der Waals surface area (Å²) in [6.45, 7) is 3.91. The van der Waals surface area contributed by atoms with E-state index >= 15 is 8.42 Å². The normalized spacial score (nSPS) is 13.2. The second kappa shape index (κ2) is 19.0. The van der Waals surface area contributed by atoms with Gasteiger partial charge in [0.15, 0.2) is 0 Å². The minimum atomic E-state index is -4.87. The van der Waals surface area contributed by atoms with Crippen molar-refractivity contribution < 1.29 is 45.7 Å². The molecule has 0 aliphatic heterocycles. The fourth-order valence-electron chi connectivity index (χ4n) is 6.15. The Bertz CT molecular complexity index is 2390. The summed E-state index contributed by atoms with van der Waals surface area (Å²) in [6, 6.07) is 22.0. The van der Waals surface area contributed by atoms with Gasteiger partial charge in [0, 0.05) is 16.7 Å². The van der Waals surface area contributed by atoms with Gasteiger partial charge in [-0.3, -0.25) is 0 Å². The van der Waals surface area contributed by atoms with Gasteiger partial charge in [-0.1, -0.05) is 57.2 Å². The number of carbonyl (C=O) groups is 1. The third kappa shape index (κ3) is 11.0. The number of nitrogens with two attached hydrogens (primary N) is 1. The van der Waals surface area contributed by atoms with Gasteiger partial charge in [0.1, 0.15) is 33.1 Å². The number of nitrogens with zero attached hydrogens (tertiary/aromatic N) is 5. The fourth-order valence-corrected chi connectivity index (χ4v) is 10.9. The van der Waals surface area contributed by atoms with Crippen LogP contribution in [-0.2, 0) is 44.4 Å². The molecule has 1 unspecified atom stereocenters. The zero-order valence-corrected chi connectivity index (χ0v) is 37.0. The number of aliphatic hydroxyl groups is 1. The molecule has 1 amide bonds. The summed E-state index contributed by atoms with van der Waals surface area (Å²) in [4.78, 5) is 11.8. The summed E-state index contributed by atoms with van der Waals surface area (Å²) < 4.78 is 85.6. The van der Waals surface area contributed by atoms with Crippen molar-refractivity contribution in [1.82, 2.24) is 29.2 Å². The van der Waals surface area contributed by atoms with Gasteiger partial charge >= 0.3 is 6.09 Å². The molecular formula is C39H46IN7O10S2. The van der Waals surface area contributed by atoms with Crippen LogP contribution in [0.4, 0.5) is 4.79 Å². The first-order valence-electron chi connectivity index (χ1n) is 18.0. The van der Waals surface area contributed by atoms with E-state index in [1.54, 1.807) is 88.5 Å². The number of tetrazole rings is 1. The van der Waals surface area contributed by atoms with Crippen LogP contribution in [0.5, 0.6) is 17.2 Å². The third-order valence-corrected chi connectivity index (χ3v) is 13.6. The first-order valence-corrected chi connectivity index (χ1v) is 22.0. The molecule has 5 rings (SSSR count). The molecule has 2 atom stereocenters. The summed E-state index contributed by atoms with van der Waals surface area (Å²) >= 11 is 1.91. The van der Waals surface area contributed by atoms with Gasteiger partial charge in [0.25, 0.3) is 0 Å². The monoisotopic (exact) mass is 963 g/mol.